The maximum absolute atomic E-state index is 12.3. The van der Waals surface area contributed by atoms with Crippen molar-refractivity contribution in [3.05, 3.63) is 108 Å². The van der Waals surface area contributed by atoms with Gasteiger partial charge in [-0.25, -0.2) is 0 Å². The smallest absolute Gasteiger partial charge is 0.328 e. The van der Waals surface area contributed by atoms with Crippen molar-refractivity contribution in [2.24, 2.45) is 0 Å². The molecule has 37 heavy (non-hydrogen) atoms. The van der Waals surface area contributed by atoms with E-state index >= 15 is 0 Å². The second kappa shape index (κ2) is 12.9. The van der Waals surface area contributed by atoms with Crippen LogP contribution in [-0.4, -0.2) is 58.2 Å². The van der Waals surface area contributed by atoms with Crippen molar-refractivity contribution >= 4 is 7.60 Å². The molecule has 9 heteroatoms. The van der Waals surface area contributed by atoms with Crippen LogP contribution in [0.4, 0.5) is 0 Å². The van der Waals surface area contributed by atoms with E-state index in [1.165, 1.54) is 0 Å². The lowest BCUT2D eigenvalue weighted by atomic mass is 9.96. The van der Waals surface area contributed by atoms with E-state index in [0.717, 1.165) is 16.7 Å². The molecule has 0 unspecified atom stereocenters. The Balaban J connectivity index is 1.61. The Morgan fingerprint density at radius 3 is 1.73 bits per heavy atom. The van der Waals surface area contributed by atoms with Crippen LogP contribution in [0.3, 0.4) is 0 Å². The highest BCUT2D eigenvalue weighted by Crippen LogP contribution is 2.47. The van der Waals surface area contributed by atoms with Gasteiger partial charge in [0, 0.05) is 0 Å². The fraction of sp³-hybridized carbons (Fsp3) is 0.357. The summed E-state index contributed by atoms with van der Waals surface area (Å²) in [6.07, 6.45) is -3.22. The van der Waals surface area contributed by atoms with E-state index in [9.17, 15) is 19.5 Å². The van der Waals surface area contributed by atoms with Crippen molar-refractivity contribution in [2.45, 2.75) is 43.7 Å². The van der Waals surface area contributed by atoms with Crippen molar-refractivity contribution in [1.29, 1.82) is 0 Å². The third-order valence-corrected chi connectivity index (χ3v) is 7.19. The molecule has 3 aromatic rings. The third-order valence-electron chi connectivity index (χ3n) is 6.24. The van der Waals surface area contributed by atoms with Crippen LogP contribution in [0.2, 0.25) is 0 Å². The highest BCUT2D eigenvalue weighted by Gasteiger charge is 2.59. The van der Waals surface area contributed by atoms with Gasteiger partial charge in [0.1, 0.15) is 23.9 Å². The van der Waals surface area contributed by atoms with Gasteiger partial charge in [-0.3, -0.25) is 4.57 Å². The van der Waals surface area contributed by atoms with Gasteiger partial charge in [-0.05, 0) is 16.7 Å². The number of hydrogen-bond acceptors (Lipinski definition) is 6. The lowest BCUT2D eigenvalue weighted by Gasteiger charge is -2.35. The van der Waals surface area contributed by atoms with E-state index in [0.29, 0.717) is 0 Å². The van der Waals surface area contributed by atoms with E-state index in [1.807, 2.05) is 91.0 Å². The summed E-state index contributed by atoms with van der Waals surface area (Å²) in [6.45, 7) is 0.0332. The molecule has 8 nitrogen and oxygen atoms in total. The summed E-state index contributed by atoms with van der Waals surface area (Å²) in [7, 11) is -4.59. The number of benzene rings is 3. The van der Waals surface area contributed by atoms with Crippen LogP contribution in [-0.2, 0) is 43.3 Å². The van der Waals surface area contributed by atoms with Gasteiger partial charge in [-0.1, -0.05) is 91.0 Å². The van der Waals surface area contributed by atoms with E-state index in [-0.39, 0.29) is 26.4 Å². The molecule has 0 radical (unpaired) electrons. The summed E-state index contributed by atoms with van der Waals surface area (Å²) >= 11 is 0. The zero-order valence-corrected chi connectivity index (χ0v) is 21.4. The molecule has 4 atom stereocenters. The molecule has 1 heterocycles. The van der Waals surface area contributed by atoms with Crippen LogP contribution in [0.1, 0.15) is 16.7 Å². The van der Waals surface area contributed by atoms with Gasteiger partial charge in [0.25, 0.3) is 0 Å². The number of rotatable bonds is 13. The molecule has 3 N–H and O–H groups in total. The van der Waals surface area contributed by atoms with Gasteiger partial charge in [-0.15, -0.1) is 0 Å². The predicted molar refractivity (Wildman–Crippen MR) is 138 cm³/mol. The Morgan fingerprint density at radius 1 is 0.757 bits per heavy atom. The number of aliphatic hydroxyl groups is 1. The first-order chi connectivity index (χ1) is 17.9. The monoisotopic (exact) mass is 528 g/mol. The second-order valence-corrected chi connectivity index (χ2v) is 10.8. The molecule has 4 rings (SSSR count). The molecule has 198 valence electrons. The normalized spacial score (nSPS) is 23.8. The largest absolute Gasteiger partial charge is 0.394 e. The Labute approximate surface area is 216 Å². The number of hydrogen-bond donors (Lipinski definition) is 3. The lowest BCUT2D eigenvalue weighted by Crippen LogP contribution is -2.51. The average Bonchev–Trinajstić information content (AvgIpc) is 3.18. The van der Waals surface area contributed by atoms with Crippen molar-refractivity contribution in [2.75, 3.05) is 19.4 Å². The van der Waals surface area contributed by atoms with Crippen molar-refractivity contribution < 1.29 is 38.4 Å². The molecule has 1 aliphatic rings. The Bertz CT molecular complexity index is 1120. The first-order valence-electron chi connectivity index (χ1n) is 12.1. The molecular formula is C28H33O8P. The zero-order valence-electron chi connectivity index (χ0n) is 20.5. The van der Waals surface area contributed by atoms with E-state index in [2.05, 4.69) is 0 Å². The quantitative estimate of drug-likeness (QED) is 0.288. The van der Waals surface area contributed by atoms with Gasteiger partial charge in [0.05, 0.1) is 39.2 Å². The minimum atomic E-state index is -4.59. The minimum absolute atomic E-state index is 0.159. The van der Waals surface area contributed by atoms with Crippen LogP contribution in [0.25, 0.3) is 0 Å². The first-order valence-corrected chi connectivity index (χ1v) is 13.9. The fourth-order valence-corrected chi connectivity index (χ4v) is 5.64. The SMILES string of the molecule is O=P(O)(O)C[C@@]1(COCc2ccccc2)O[C@H](CO)[C@@H](OCc2ccccc2)[C@@H]1OCc1ccccc1. The maximum Gasteiger partial charge on any atom is 0.328 e. The van der Waals surface area contributed by atoms with Crippen LogP contribution in [0.5, 0.6) is 0 Å². The molecule has 1 saturated heterocycles. The third kappa shape index (κ3) is 7.80. The molecule has 1 aliphatic heterocycles. The lowest BCUT2D eigenvalue weighted by molar-refractivity contribution is -0.141. The van der Waals surface area contributed by atoms with E-state index < -0.39 is 44.3 Å². The summed E-state index contributed by atoms with van der Waals surface area (Å²) in [5.41, 5.74) is 1.15. The van der Waals surface area contributed by atoms with Crippen molar-refractivity contribution in [1.82, 2.24) is 0 Å². The van der Waals surface area contributed by atoms with Crippen LogP contribution in [0.15, 0.2) is 91.0 Å². The predicted octanol–water partition coefficient (Wildman–Crippen LogP) is 3.68. The first kappa shape index (κ1) is 27.6. The fourth-order valence-electron chi connectivity index (χ4n) is 4.59. The van der Waals surface area contributed by atoms with Crippen molar-refractivity contribution in [3.8, 4) is 0 Å². The summed E-state index contributed by atoms with van der Waals surface area (Å²) in [5, 5.41) is 10.2. The van der Waals surface area contributed by atoms with Gasteiger partial charge in [0.15, 0.2) is 0 Å². The second-order valence-electron chi connectivity index (χ2n) is 9.18. The van der Waals surface area contributed by atoms with Gasteiger partial charge < -0.3 is 33.8 Å². The molecule has 0 bridgehead atoms. The molecule has 0 saturated carbocycles. The highest BCUT2D eigenvalue weighted by molar-refractivity contribution is 7.51. The number of aliphatic hydroxyl groups excluding tert-OH is 1. The van der Waals surface area contributed by atoms with Gasteiger partial charge >= 0.3 is 7.60 Å². The van der Waals surface area contributed by atoms with Gasteiger partial charge in [0.2, 0.25) is 0 Å². The Morgan fingerprint density at radius 2 is 1.24 bits per heavy atom. The van der Waals surface area contributed by atoms with Gasteiger partial charge in [-0.2, -0.15) is 0 Å². The van der Waals surface area contributed by atoms with Crippen LogP contribution in [0, 0.1) is 0 Å². The molecule has 0 amide bonds. The molecular weight excluding hydrogens is 495 g/mol. The Kier molecular flexibility index (Phi) is 9.65. The van der Waals surface area contributed by atoms with E-state index in [4.69, 9.17) is 18.9 Å². The Hall–Kier alpha value is -2.39. The maximum atomic E-state index is 12.3. The summed E-state index contributed by atoms with van der Waals surface area (Å²) in [6, 6.07) is 28.4. The molecule has 0 spiro atoms. The topological polar surface area (TPSA) is 115 Å². The highest BCUT2D eigenvalue weighted by atomic mass is 31.2. The summed E-state index contributed by atoms with van der Waals surface area (Å²) in [5.74, 6) is 0. The average molecular weight is 529 g/mol. The standard InChI is InChI=1S/C28H33O8P/c29-16-25-26(34-18-23-12-6-2-7-13-23)27(35-19-24-14-8-3-9-15-24)28(36-25,21-37(30,31)32)20-33-17-22-10-4-1-5-11-22/h1-15,25-27,29H,16-21H2,(H2,30,31,32)/t25-,26-,27+,28-/m1/s1. The van der Waals surface area contributed by atoms with Crippen molar-refractivity contribution in [3.63, 3.8) is 0 Å². The molecule has 0 aromatic heterocycles. The minimum Gasteiger partial charge on any atom is -0.394 e. The summed E-state index contributed by atoms with van der Waals surface area (Å²) in [4.78, 5) is 20.1. The molecule has 3 aromatic carbocycles. The molecule has 0 aliphatic carbocycles. The van der Waals surface area contributed by atoms with E-state index in [1.54, 1.807) is 0 Å². The van der Waals surface area contributed by atoms with Crippen LogP contribution >= 0.6 is 7.60 Å². The summed E-state index contributed by atoms with van der Waals surface area (Å²) < 4.78 is 37.0. The van der Waals surface area contributed by atoms with Crippen LogP contribution < -0.4 is 0 Å². The zero-order chi connectivity index (χ0) is 26.1. The molecule has 1 fully saturated rings. The number of ether oxygens (including phenoxy) is 4.